The number of likely N-dealkylation sites (N-methyl/N-ethyl adjacent to an activating group) is 1. The highest BCUT2D eigenvalue weighted by atomic mass is 16.5. The van der Waals surface area contributed by atoms with E-state index in [0.29, 0.717) is 35.5 Å². The molecule has 1 atom stereocenters. The third-order valence-corrected chi connectivity index (χ3v) is 4.78. The van der Waals surface area contributed by atoms with Crippen molar-refractivity contribution >= 4 is 5.91 Å². The molecule has 1 unspecified atom stereocenters. The van der Waals surface area contributed by atoms with Gasteiger partial charge in [0.25, 0.3) is 5.91 Å². The summed E-state index contributed by atoms with van der Waals surface area (Å²) in [6, 6.07) is 13.0. The van der Waals surface area contributed by atoms with Gasteiger partial charge in [0.2, 0.25) is 11.7 Å². The van der Waals surface area contributed by atoms with Crippen LogP contribution in [0, 0.1) is 6.92 Å². The number of aryl methyl sites for hydroxylation is 1. The molecule has 0 aliphatic carbocycles. The zero-order valence-corrected chi connectivity index (χ0v) is 18.4. The minimum absolute atomic E-state index is 0.158. The molecule has 2 aromatic carbocycles. The molecule has 0 spiro atoms. The average molecular weight is 425 g/mol. The maximum Gasteiger partial charge on any atom is 0.263 e. The van der Waals surface area contributed by atoms with Crippen LogP contribution in [0.4, 0.5) is 0 Å². The lowest BCUT2D eigenvalue weighted by molar-refractivity contribution is -0.138. The molecule has 164 valence electrons. The molecule has 0 saturated carbocycles. The van der Waals surface area contributed by atoms with Gasteiger partial charge in [0.05, 0.1) is 14.2 Å². The van der Waals surface area contributed by atoms with Crippen molar-refractivity contribution in [3.8, 4) is 28.6 Å². The standard InChI is InChI=1S/C23H27N3O5/c1-6-26(23(27)16(3)30-18-9-7-8-15(2)12-18)14-21-24-22(25-31-21)17-10-11-19(28-4)20(13-17)29-5/h7-13,16H,6,14H2,1-5H3. The highest BCUT2D eigenvalue weighted by Gasteiger charge is 2.23. The Hall–Kier alpha value is -3.55. The molecule has 0 fully saturated rings. The fourth-order valence-corrected chi connectivity index (χ4v) is 3.12. The van der Waals surface area contributed by atoms with Gasteiger partial charge in [-0.3, -0.25) is 4.79 Å². The zero-order chi connectivity index (χ0) is 22.4. The molecule has 3 rings (SSSR count). The van der Waals surface area contributed by atoms with Crippen molar-refractivity contribution in [2.24, 2.45) is 0 Å². The smallest absolute Gasteiger partial charge is 0.263 e. The lowest BCUT2D eigenvalue weighted by atomic mass is 10.2. The van der Waals surface area contributed by atoms with E-state index < -0.39 is 6.10 Å². The molecule has 0 bridgehead atoms. The number of carbonyl (C=O) groups excluding carboxylic acids is 1. The molecule has 1 amide bonds. The van der Waals surface area contributed by atoms with E-state index in [0.717, 1.165) is 11.1 Å². The Morgan fingerprint density at radius 3 is 2.58 bits per heavy atom. The molecule has 8 nitrogen and oxygen atoms in total. The molecule has 1 heterocycles. The third kappa shape index (κ3) is 5.33. The van der Waals surface area contributed by atoms with Crippen LogP contribution in [0.5, 0.6) is 17.2 Å². The van der Waals surface area contributed by atoms with Gasteiger partial charge < -0.3 is 23.6 Å². The lowest BCUT2D eigenvalue weighted by Crippen LogP contribution is -2.40. The van der Waals surface area contributed by atoms with Crippen LogP contribution in [0.1, 0.15) is 25.3 Å². The molecule has 0 aliphatic rings. The third-order valence-electron chi connectivity index (χ3n) is 4.78. The number of benzene rings is 2. The van der Waals surface area contributed by atoms with Gasteiger partial charge in [-0.15, -0.1) is 0 Å². The summed E-state index contributed by atoms with van der Waals surface area (Å²) in [6.07, 6.45) is -0.644. The van der Waals surface area contributed by atoms with Crippen molar-refractivity contribution < 1.29 is 23.5 Å². The van der Waals surface area contributed by atoms with E-state index in [1.807, 2.05) is 44.2 Å². The number of nitrogens with zero attached hydrogens (tertiary/aromatic N) is 3. The number of hydrogen-bond acceptors (Lipinski definition) is 7. The summed E-state index contributed by atoms with van der Waals surface area (Å²) in [7, 11) is 3.14. The molecular formula is C23H27N3O5. The summed E-state index contributed by atoms with van der Waals surface area (Å²) >= 11 is 0. The van der Waals surface area contributed by atoms with Crippen LogP contribution < -0.4 is 14.2 Å². The summed E-state index contributed by atoms with van der Waals surface area (Å²) in [5.74, 6) is 2.42. The normalized spacial score (nSPS) is 11.6. The van der Waals surface area contributed by atoms with Crippen LogP contribution in [-0.4, -0.2) is 47.8 Å². The van der Waals surface area contributed by atoms with Gasteiger partial charge in [-0.05, 0) is 56.7 Å². The van der Waals surface area contributed by atoms with Gasteiger partial charge in [-0.1, -0.05) is 17.3 Å². The second-order valence-electron chi connectivity index (χ2n) is 7.01. The van der Waals surface area contributed by atoms with Crippen LogP contribution in [0.2, 0.25) is 0 Å². The first-order valence-corrected chi connectivity index (χ1v) is 10.0. The highest BCUT2D eigenvalue weighted by Crippen LogP contribution is 2.31. The number of ether oxygens (including phenoxy) is 3. The van der Waals surface area contributed by atoms with E-state index in [1.54, 1.807) is 38.2 Å². The van der Waals surface area contributed by atoms with Gasteiger partial charge in [-0.2, -0.15) is 4.98 Å². The Balaban J connectivity index is 1.69. The van der Waals surface area contributed by atoms with Gasteiger partial charge in [0.15, 0.2) is 17.6 Å². The fraction of sp³-hybridized carbons (Fsp3) is 0.348. The van der Waals surface area contributed by atoms with Crippen molar-refractivity contribution in [2.45, 2.75) is 33.4 Å². The quantitative estimate of drug-likeness (QED) is 0.514. The summed E-state index contributed by atoms with van der Waals surface area (Å²) in [4.78, 5) is 18.9. The number of methoxy groups -OCH3 is 2. The summed E-state index contributed by atoms with van der Waals surface area (Å²) < 4.78 is 21.8. The van der Waals surface area contributed by atoms with E-state index in [2.05, 4.69) is 10.1 Å². The Morgan fingerprint density at radius 2 is 1.90 bits per heavy atom. The summed E-state index contributed by atoms with van der Waals surface area (Å²) in [5.41, 5.74) is 1.79. The van der Waals surface area contributed by atoms with Gasteiger partial charge in [0.1, 0.15) is 12.3 Å². The Kier molecular flexibility index (Phi) is 7.12. The second-order valence-corrected chi connectivity index (χ2v) is 7.01. The maximum atomic E-state index is 12.9. The van der Waals surface area contributed by atoms with Crippen LogP contribution in [0.25, 0.3) is 11.4 Å². The first-order chi connectivity index (χ1) is 14.9. The van der Waals surface area contributed by atoms with Crippen LogP contribution in [-0.2, 0) is 11.3 Å². The monoisotopic (exact) mass is 425 g/mol. The first-order valence-electron chi connectivity index (χ1n) is 10.0. The topological polar surface area (TPSA) is 86.9 Å². The van der Waals surface area contributed by atoms with Crippen LogP contribution in [0.15, 0.2) is 47.0 Å². The molecule has 0 N–H and O–H groups in total. The molecule has 0 aliphatic heterocycles. The van der Waals surface area contributed by atoms with E-state index in [4.69, 9.17) is 18.7 Å². The summed E-state index contributed by atoms with van der Waals surface area (Å²) in [5, 5.41) is 4.03. The molecule has 1 aromatic heterocycles. The van der Waals surface area contributed by atoms with Crippen molar-refractivity contribution in [2.75, 3.05) is 20.8 Å². The number of hydrogen-bond donors (Lipinski definition) is 0. The van der Waals surface area contributed by atoms with E-state index >= 15 is 0 Å². The fourth-order valence-electron chi connectivity index (χ4n) is 3.12. The molecule has 3 aromatic rings. The van der Waals surface area contributed by atoms with Crippen molar-refractivity contribution in [3.63, 3.8) is 0 Å². The van der Waals surface area contributed by atoms with Gasteiger partial charge in [-0.25, -0.2) is 0 Å². The SMILES string of the molecule is CCN(Cc1nc(-c2ccc(OC)c(OC)c2)no1)C(=O)C(C)Oc1cccc(C)c1. The van der Waals surface area contributed by atoms with Crippen LogP contribution in [0.3, 0.4) is 0 Å². The molecule has 0 radical (unpaired) electrons. The maximum absolute atomic E-state index is 12.9. The predicted octanol–water partition coefficient (Wildman–Crippen LogP) is 3.88. The first kappa shape index (κ1) is 22.1. The highest BCUT2D eigenvalue weighted by molar-refractivity contribution is 5.80. The lowest BCUT2D eigenvalue weighted by Gasteiger charge is -2.23. The van der Waals surface area contributed by atoms with Crippen molar-refractivity contribution in [1.82, 2.24) is 15.0 Å². The Bertz CT molecular complexity index is 1030. The number of amides is 1. The van der Waals surface area contributed by atoms with Crippen molar-refractivity contribution in [1.29, 1.82) is 0 Å². The minimum atomic E-state index is -0.644. The van der Waals surface area contributed by atoms with E-state index in [1.165, 1.54) is 0 Å². The molecule has 31 heavy (non-hydrogen) atoms. The zero-order valence-electron chi connectivity index (χ0n) is 18.4. The van der Waals surface area contributed by atoms with Gasteiger partial charge in [0, 0.05) is 12.1 Å². The Labute approximate surface area is 181 Å². The minimum Gasteiger partial charge on any atom is -0.493 e. The van der Waals surface area contributed by atoms with E-state index in [-0.39, 0.29) is 12.5 Å². The summed E-state index contributed by atoms with van der Waals surface area (Å²) in [6.45, 7) is 6.27. The predicted molar refractivity (Wildman–Crippen MR) is 115 cm³/mol. The molecule has 0 saturated heterocycles. The number of carbonyl (C=O) groups is 1. The van der Waals surface area contributed by atoms with Crippen LogP contribution >= 0.6 is 0 Å². The second kappa shape index (κ2) is 9.97. The largest absolute Gasteiger partial charge is 0.493 e. The number of aromatic nitrogens is 2. The molecule has 8 heteroatoms. The van der Waals surface area contributed by atoms with Gasteiger partial charge >= 0.3 is 0 Å². The van der Waals surface area contributed by atoms with E-state index in [9.17, 15) is 4.79 Å². The van der Waals surface area contributed by atoms with Crippen molar-refractivity contribution in [3.05, 3.63) is 53.9 Å². The Morgan fingerprint density at radius 1 is 1.13 bits per heavy atom. The number of rotatable bonds is 9. The average Bonchev–Trinajstić information content (AvgIpc) is 3.25. The molecular weight excluding hydrogens is 398 g/mol.